The summed E-state index contributed by atoms with van der Waals surface area (Å²) >= 11 is 0. The van der Waals surface area contributed by atoms with Crippen molar-refractivity contribution in [2.24, 2.45) is 7.05 Å². The normalized spacial score (nSPS) is 18.7. The van der Waals surface area contributed by atoms with E-state index in [0.717, 1.165) is 24.3 Å². The van der Waals surface area contributed by atoms with Crippen molar-refractivity contribution in [1.29, 1.82) is 0 Å². The molecule has 2 aromatic rings. The SMILES string of the molecule is COC[C@H]1CN(Cc2ccccc2F)Cc2ncn(C)c21. The van der Waals surface area contributed by atoms with Crippen LogP contribution in [0.15, 0.2) is 30.6 Å². The topological polar surface area (TPSA) is 30.3 Å². The zero-order chi connectivity index (χ0) is 14.8. The molecule has 21 heavy (non-hydrogen) atoms. The van der Waals surface area contributed by atoms with Crippen LogP contribution in [0.1, 0.15) is 22.9 Å². The zero-order valence-corrected chi connectivity index (χ0v) is 12.4. The average Bonchev–Trinajstić information content (AvgIpc) is 2.83. The Bertz CT molecular complexity index is 626. The summed E-state index contributed by atoms with van der Waals surface area (Å²) in [7, 11) is 3.73. The summed E-state index contributed by atoms with van der Waals surface area (Å²) in [6.07, 6.45) is 1.85. The Hall–Kier alpha value is -1.72. The molecule has 5 heteroatoms. The molecule has 4 nitrogen and oxygen atoms in total. The summed E-state index contributed by atoms with van der Waals surface area (Å²) in [4.78, 5) is 6.71. The molecule has 2 heterocycles. The van der Waals surface area contributed by atoms with Crippen LogP contribution < -0.4 is 0 Å². The number of aromatic nitrogens is 2. The number of hydrogen-bond acceptors (Lipinski definition) is 3. The Balaban J connectivity index is 1.82. The summed E-state index contributed by atoms with van der Waals surface area (Å²) in [5.74, 6) is 0.130. The van der Waals surface area contributed by atoms with Gasteiger partial charge in [0.25, 0.3) is 0 Å². The first kappa shape index (κ1) is 14.2. The van der Waals surface area contributed by atoms with Crippen LogP contribution in [-0.4, -0.2) is 34.7 Å². The number of rotatable bonds is 4. The van der Waals surface area contributed by atoms with E-state index in [1.807, 2.05) is 25.5 Å². The summed E-state index contributed by atoms with van der Waals surface area (Å²) in [5, 5.41) is 0. The van der Waals surface area contributed by atoms with Crippen molar-refractivity contribution in [3.63, 3.8) is 0 Å². The Morgan fingerprint density at radius 1 is 1.38 bits per heavy atom. The van der Waals surface area contributed by atoms with E-state index in [-0.39, 0.29) is 11.7 Å². The van der Waals surface area contributed by atoms with Crippen molar-refractivity contribution >= 4 is 0 Å². The van der Waals surface area contributed by atoms with Gasteiger partial charge in [0.15, 0.2) is 0 Å². The van der Waals surface area contributed by atoms with Gasteiger partial charge in [-0.3, -0.25) is 4.90 Å². The summed E-state index contributed by atoms with van der Waals surface area (Å²) in [6.45, 7) is 2.86. The van der Waals surface area contributed by atoms with Crippen LogP contribution in [0.5, 0.6) is 0 Å². The molecular weight excluding hydrogens is 269 g/mol. The smallest absolute Gasteiger partial charge is 0.127 e. The summed E-state index contributed by atoms with van der Waals surface area (Å²) in [6, 6.07) is 6.95. The van der Waals surface area contributed by atoms with Crippen LogP contribution in [-0.2, 0) is 24.9 Å². The third-order valence-electron chi connectivity index (χ3n) is 4.02. The minimum absolute atomic E-state index is 0.146. The predicted octanol–water partition coefficient (Wildman–Crippen LogP) is 2.31. The number of methoxy groups -OCH3 is 1. The minimum atomic E-state index is -0.146. The maximum absolute atomic E-state index is 13.8. The van der Waals surface area contributed by atoms with Crippen LogP contribution in [0.3, 0.4) is 0 Å². The molecule has 0 fully saturated rings. The fraction of sp³-hybridized carbons (Fsp3) is 0.438. The number of aryl methyl sites for hydroxylation is 1. The van der Waals surface area contributed by atoms with Gasteiger partial charge in [0, 0.05) is 51.0 Å². The highest BCUT2D eigenvalue weighted by molar-refractivity contribution is 5.23. The Morgan fingerprint density at radius 3 is 2.95 bits per heavy atom. The number of ether oxygens (including phenoxy) is 1. The lowest BCUT2D eigenvalue weighted by molar-refractivity contribution is 0.131. The average molecular weight is 289 g/mol. The number of fused-ring (bicyclic) bond motifs is 1. The van der Waals surface area contributed by atoms with Gasteiger partial charge in [-0.05, 0) is 6.07 Å². The molecule has 0 bridgehead atoms. The molecule has 1 aromatic heterocycles. The van der Waals surface area contributed by atoms with E-state index in [2.05, 4.69) is 14.5 Å². The Labute approximate surface area is 124 Å². The van der Waals surface area contributed by atoms with Crippen molar-refractivity contribution < 1.29 is 9.13 Å². The van der Waals surface area contributed by atoms with Gasteiger partial charge in [0.1, 0.15) is 5.82 Å². The number of nitrogens with zero attached hydrogens (tertiary/aromatic N) is 3. The van der Waals surface area contributed by atoms with E-state index in [0.29, 0.717) is 13.2 Å². The maximum Gasteiger partial charge on any atom is 0.127 e. The van der Waals surface area contributed by atoms with E-state index in [9.17, 15) is 4.39 Å². The van der Waals surface area contributed by atoms with Gasteiger partial charge in [-0.15, -0.1) is 0 Å². The fourth-order valence-corrected chi connectivity index (χ4v) is 3.13. The second-order valence-corrected chi connectivity index (χ2v) is 5.60. The van der Waals surface area contributed by atoms with E-state index in [1.54, 1.807) is 13.2 Å². The van der Waals surface area contributed by atoms with E-state index < -0.39 is 0 Å². The lowest BCUT2D eigenvalue weighted by Gasteiger charge is -2.32. The zero-order valence-electron chi connectivity index (χ0n) is 12.4. The molecule has 0 amide bonds. The largest absolute Gasteiger partial charge is 0.384 e. The van der Waals surface area contributed by atoms with Gasteiger partial charge >= 0.3 is 0 Å². The highest BCUT2D eigenvalue weighted by Gasteiger charge is 2.29. The molecule has 0 unspecified atom stereocenters. The van der Waals surface area contributed by atoms with Crippen LogP contribution in [0.25, 0.3) is 0 Å². The molecule has 1 aliphatic heterocycles. The third kappa shape index (κ3) is 2.84. The van der Waals surface area contributed by atoms with Gasteiger partial charge in [-0.25, -0.2) is 9.37 Å². The first-order chi connectivity index (χ1) is 10.2. The number of hydrogen-bond donors (Lipinski definition) is 0. The van der Waals surface area contributed by atoms with E-state index >= 15 is 0 Å². The van der Waals surface area contributed by atoms with Crippen LogP contribution in [0.4, 0.5) is 4.39 Å². The van der Waals surface area contributed by atoms with Crippen LogP contribution >= 0.6 is 0 Å². The maximum atomic E-state index is 13.8. The Morgan fingerprint density at radius 2 is 2.19 bits per heavy atom. The molecule has 0 spiro atoms. The molecule has 0 saturated heterocycles. The molecular formula is C16H20FN3O. The highest BCUT2D eigenvalue weighted by Crippen LogP contribution is 2.28. The van der Waals surface area contributed by atoms with Crippen molar-refractivity contribution in [3.8, 4) is 0 Å². The molecule has 0 aliphatic carbocycles. The lowest BCUT2D eigenvalue weighted by Crippen LogP contribution is -2.36. The molecule has 1 atom stereocenters. The van der Waals surface area contributed by atoms with Crippen molar-refractivity contribution in [1.82, 2.24) is 14.5 Å². The molecule has 1 aliphatic rings. The lowest BCUT2D eigenvalue weighted by atomic mass is 9.98. The first-order valence-electron chi connectivity index (χ1n) is 7.14. The third-order valence-corrected chi connectivity index (χ3v) is 4.02. The van der Waals surface area contributed by atoms with Crippen molar-refractivity contribution in [3.05, 3.63) is 53.4 Å². The van der Waals surface area contributed by atoms with Gasteiger partial charge in [-0.2, -0.15) is 0 Å². The second-order valence-electron chi connectivity index (χ2n) is 5.60. The van der Waals surface area contributed by atoms with Gasteiger partial charge in [0.2, 0.25) is 0 Å². The van der Waals surface area contributed by atoms with Gasteiger partial charge in [-0.1, -0.05) is 18.2 Å². The molecule has 1 aromatic carbocycles. The number of imidazole rings is 1. The number of halogens is 1. The molecule has 0 N–H and O–H groups in total. The van der Waals surface area contributed by atoms with Gasteiger partial charge in [0.05, 0.1) is 18.6 Å². The summed E-state index contributed by atoms with van der Waals surface area (Å²) < 4.78 is 21.2. The van der Waals surface area contributed by atoms with E-state index in [1.165, 1.54) is 11.8 Å². The summed E-state index contributed by atoms with van der Waals surface area (Å²) in [5.41, 5.74) is 3.04. The second kappa shape index (κ2) is 5.95. The standard InChI is InChI=1S/C16H20FN3O/c1-19-11-18-15-9-20(8-13(10-21-2)16(15)19)7-12-5-3-4-6-14(12)17/h3-6,11,13H,7-10H2,1-2H3/t13-/m1/s1. The van der Waals surface area contributed by atoms with E-state index in [4.69, 9.17) is 4.74 Å². The molecule has 0 radical (unpaired) electrons. The highest BCUT2D eigenvalue weighted by atomic mass is 19.1. The first-order valence-corrected chi connectivity index (χ1v) is 7.14. The Kier molecular flexibility index (Phi) is 4.03. The predicted molar refractivity (Wildman–Crippen MR) is 78.3 cm³/mol. The minimum Gasteiger partial charge on any atom is -0.384 e. The monoisotopic (exact) mass is 289 g/mol. The molecule has 112 valence electrons. The molecule has 0 saturated carbocycles. The molecule has 3 rings (SSSR count). The van der Waals surface area contributed by atoms with Crippen molar-refractivity contribution in [2.45, 2.75) is 19.0 Å². The quantitative estimate of drug-likeness (QED) is 0.865. The van der Waals surface area contributed by atoms with Crippen LogP contribution in [0.2, 0.25) is 0 Å². The fourth-order valence-electron chi connectivity index (χ4n) is 3.13. The van der Waals surface area contributed by atoms with Gasteiger partial charge < -0.3 is 9.30 Å². The van der Waals surface area contributed by atoms with Crippen molar-refractivity contribution in [2.75, 3.05) is 20.3 Å². The van der Waals surface area contributed by atoms with Crippen LogP contribution in [0, 0.1) is 5.82 Å². The number of benzene rings is 1.